The summed E-state index contributed by atoms with van der Waals surface area (Å²) in [5.74, 6) is 3.15. The summed E-state index contributed by atoms with van der Waals surface area (Å²) >= 11 is 0. The molecule has 0 fully saturated rings. The zero-order valence-electron chi connectivity index (χ0n) is 14.8. The molecule has 0 bridgehead atoms. The maximum absolute atomic E-state index is 12.8. The normalized spacial score (nSPS) is 14.3. The summed E-state index contributed by atoms with van der Waals surface area (Å²) in [4.78, 5) is 19.2. The molecule has 0 radical (unpaired) electrons. The highest BCUT2D eigenvalue weighted by molar-refractivity contribution is 5.81. The van der Waals surface area contributed by atoms with Gasteiger partial charge in [-0.25, -0.2) is 4.98 Å². The predicted octanol–water partition coefficient (Wildman–Crippen LogP) is 2.10. The Hall–Kier alpha value is -2.70. The monoisotopic (exact) mass is 338 g/mol. The van der Waals surface area contributed by atoms with Gasteiger partial charge in [0.15, 0.2) is 5.82 Å². The Morgan fingerprint density at radius 2 is 2.00 bits per heavy atom. The molecule has 1 amide bonds. The van der Waals surface area contributed by atoms with Gasteiger partial charge in [-0.15, -0.1) is 10.2 Å². The number of aromatic nitrogens is 5. The van der Waals surface area contributed by atoms with Gasteiger partial charge in [0, 0.05) is 19.0 Å². The summed E-state index contributed by atoms with van der Waals surface area (Å²) in [6.45, 7) is 8.43. The van der Waals surface area contributed by atoms with Crippen LogP contribution in [-0.4, -0.2) is 41.7 Å². The van der Waals surface area contributed by atoms with Crippen molar-refractivity contribution in [1.29, 1.82) is 0 Å². The lowest BCUT2D eigenvalue weighted by Gasteiger charge is -2.28. The number of para-hydroxylation sites is 2. The van der Waals surface area contributed by atoms with E-state index in [0.29, 0.717) is 25.6 Å². The molecule has 3 heterocycles. The molecule has 7 nitrogen and oxygen atoms in total. The molecule has 0 aliphatic carbocycles. The van der Waals surface area contributed by atoms with Gasteiger partial charge in [0.1, 0.15) is 18.2 Å². The van der Waals surface area contributed by atoms with Crippen molar-refractivity contribution < 1.29 is 4.79 Å². The van der Waals surface area contributed by atoms with E-state index in [9.17, 15) is 4.79 Å². The molecular weight excluding hydrogens is 316 g/mol. The molecular formula is C18H22N6O. The number of carbonyl (C=O) groups excluding carboxylic acids is 1. The van der Waals surface area contributed by atoms with E-state index in [1.807, 2.05) is 40.7 Å². The fourth-order valence-electron chi connectivity index (χ4n) is 3.45. The van der Waals surface area contributed by atoms with Crippen molar-refractivity contribution in [2.24, 2.45) is 0 Å². The van der Waals surface area contributed by atoms with Gasteiger partial charge in [0.25, 0.3) is 0 Å². The summed E-state index contributed by atoms with van der Waals surface area (Å²) in [5, 5.41) is 8.56. The molecule has 0 saturated heterocycles. The van der Waals surface area contributed by atoms with E-state index in [1.165, 1.54) is 0 Å². The Morgan fingerprint density at radius 3 is 2.80 bits per heavy atom. The molecule has 130 valence electrons. The van der Waals surface area contributed by atoms with Gasteiger partial charge in [0.05, 0.1) is 17.6 Å². The Bertz CT molecular complexity index is 938. The Kier molecular flexibility index (Phi) is 3.78. The second-order valence-electron chi connectivity index (χ2n) is 6.83. The molecule has 1 aliphatic rings. The van der Waals surface area contributed by atoms with Crippen LogP contribution in [0.2, 0.25) is 0 Å². The SMILES string of the molecule is Cc1nc2ccccc2n1CC(=O)N1CCn2c(nnc2C(C)C)C1. The highest BCUT2D eigenvalue weighted by atomic mass is 16.2. The van der Waals surface area contributed by atoms with Crippen LogP contribution in [0.5, 0.6) is 0 Å². The number of benzene rings is 1. The molecule has 0 unspecified atom stereocenters. The summed E-state index contributed by atoms with van der Waals surface area (Å²) in [7, 11) is 0. The second-order valence-corrected chi connectivity index (χ2v) is 6.83. The largest absolute Gasteiger partial charge is 0.332 e. The first-order chi connectivity index (χ1) is 12.0. The lowest BCUT2D eigenvalue weighted by atomic mass is 10.2. The van der Waals surface area contributed by atoms with Crippen LogP contribution in [0.25, 0.3) is 11.0 Å². The van der Waals surface area contributed by atoms with E-state index in [-0.39, 0.29) is 5.91 Å². The third-order valence-corrected chi connectivity index (χ3v) is 4.79. The summed E-state index contributed by atoms with van der Waals surface area (Å²) in [6, 6.07) is 7.91. The summed E-state index contributed by atoms with van der Waals surface area (Å²) in [6.07, 6.45) is 0. The number of amides is 1. The average Bonchev–Trinajstić information content (AvgIpc) is 3.16. The van der Waals surface area contributed by atoms with Crippen molar-refractivity contribution in [2.45, 2.75) is 46.3 Å². The maximum Gasteiger partial charge on any atom is 0.243 e. The van der Waals surface area contributed by atoms with Crippen LogP contribution in [-0.2, 0) is 24.4 Å². The van der Waals surface area contributed by atoms with Crippen LogP contribution in [0.15, 0.2) is 24.3 Å². The minimum atomic E-state index is 0.0894. The number of carbonyl (C=O) groups is 1. The lowest BCUT2D eigenvalue weighted by molar-refractivity contribution is -0.133. The number of rotatable bonds is 3. The average molecular weight is 338 g/mol. The van der Waals surface area contributed by atoms with Crippen molar-refractivity contribution in [3.05, 3.63) is 41.7 Å². The minimum absolute atomic E-state index is 0.0894. The Balaban J connectivity index is 1.55. The fraction of sp³-hybridized carbons (Fsp3) is 0.444. The molecule has 0 N–H and O–H groups in total. The van der Waals surface area contributed by atoms with Gasteiger partial charge in [0.2, 0.25) is 5.91 Å². The van der Waals surface area contributed by atoms with E-state index in [4.69, 9.17) is 0 Å². The van der Waals surface area contributed by atoms with Crippen LogP contribution in [0.4, 0.5) is 0 Å². The number of fused-ring (bicyclic) bond motifs is 2. The fourth-order valence-corrected chi connectivity index (χ4v) is 3.45. The smallest absolute Gasteiger partial charge is 0.243 e. The molecule has 0 spiro atoms. The van der Waals surface area contributed by atoms with Gasteiger partial charge < -0.3 is 14.0 Å². The van der Waals surface area contributed by atoms with E-state index in [2.05, 4.69) is 33.6 Å². The molecule has 1 aromatic carbocycles. The first kappa shape index (κ1) is 15.8. The van der Waals surface area contributed by atoms with Crippen LogP contribution < -0.4 is 0 Å². The third-order valence-electron chi connectivity index (χ3n) is 4.79. The van der Waals surface area contributed by atoms with Gasteiger partial charge in [-0.2, -0.15) is 0 Å². The molecule has 0 saturated carbocycles. The molecule has 1 aliphatic heterocycles. The number of nitrogens with zero attached hydrogens (tertiary/aromatic N) is 6. The van der Waals surface area contributed by atoms with Crippen molar-refractivity contribution in [3.8, 4) is 0 Å². The third kappa shape index (κ3) is 2.69. The first-order valence-electron chi connectivity index (χ1n) is 8.66. The molecule has 2 aromatic heterocycles. The molecule has 0 atom stereocenters. The first-order valence-corrected chi connectivity index (χ1v) is 8.66. The van der Waals surface area contributed by atoms with E-state index >= 15 is 0 Å². The van der Waals surface area contributed by atoms with Crippen molar-refractivity contribution in [1.82, 2.24) is 29.2 Å². The van der Waals surface area contributed by atoms with E-state index in [1.54, 1.807) is 0 Å². The van der Waals surface area contributed by atoms with Crippen molar-refractivity contribution in [2.75, 3.05) is 6.54 Å². The molecule has 4 rings (SSSR count). The highest BCUT2D eigenvalue weighted by Crippen LogP contribution is 2.20. The number of hydrogen-bond donors (Lipinski definition) is 0. The van der Waals surface area contributed by atoms with Crippen LogP contribution in [0.3, 0.4) is 0 Å². The molecule has 3 aromatic rings. The Morgan fingerprint density at radius 1 is 1.20 bits per heavy atom. The lowest BCUT2D eigenvalue weighted by Crippen LogP contribution is -2.40. The molecule has 7 heteroatoms. The molecule has 25 heavy (non-hydrogen) atoms. The van der Waals surface area contributed by atoms with Gasteiger partial charge in [-0.3, -0.25) is 4.79 Å². The van der Waals surface area contributed by atoms with Gasteiger partial charge >= 0.3 is 0 Å². The van der Waals surface area contributed by atoms with Crippen LogP contribution in [0, 0.1) is 6.92 Å². The van der Waals surface area contributed by atoms with Gasteiger partial charge in [-0.1, -0.05) is 26.0 Å². The van der Waals surface area contributed by atoms with Crippen LogP contribution in [0.1, 0.15) is 37.2 Å². The number of aryl methyl sites for hydroxylation is 1. The Labute approximate surface area is 146 Å². The van der Waals surface area contributed by atoms with Crippen LogP contribution >= 0.6 is 0 Å². The van der Waals surface area contributed by atoms with E-state index < -0.39 is 0 Å². The number of imidazole rings is 1. The van der Waals surface area contributed by atoms with Crippen molar-refractivity contribution in [3.63, 3.8) is 0 Å². The van der Waals surface area contributed by atoms with Gasteiger partial charge in [-0.05, 0) is 19.1 Å². The summed E-state index contributed by atoms with van der Waals surface area (Å²) < 4.78 is 4.13. The van der Waals surface area contributed by atoms with E-state index in [0.717, 1.165) is 35.1 Å². The number of hydrogen-bond acceptors (Lipinski definition) is 4. The second kappa shape index (κ2) is 5.98. The minimum Gasteiger partial charge on any atom is -0.332 e. The highest BCUT2D eigenvalue weighted by Gasteiger charge is 2.25. The topological polar surface area (TPSA) is 68.8 Å². The standard InChI is InChI=1S/C18H22N6O/c1-12(2)18-21-20-16-10-22(8-9-23(16)18)17(25)11-24-13(3)19-14-6-4-5-7-15(14)24/h4-7,12H,8-11H2,1-3H3. The maximum atomic E-state index is 12.8. The zero-order valence-corrected chi connectivity index (χ0v) is 14.8. The zero-order chi connectivity index (χ0) is 17.6. The predicted molar refractivity (Wildman–Crippen MR) is 94.0 cm³/mol. The van der Waals surface area contributed by atoms with Crippen molar-refractivity contribution >= 4 is 16.9 Å². The quantitative estimate of drug-likeness (QED) is 0.733. The summed E-state index contributed by atoms with van der Waals surface area (Å²) in [5.41, 5.74) is 1.92.